The van der Waals surface area contributed by atoms with Crippen molar-refractivity contribution in [3.05, 3.63) is 57.6 Å². The number of nitrogens with one attached hydrogen (secondary N) is 1. The molecule has 138 valence electrons. The summed E-state index contributed by atoms with van der Waals surface area (Å²) in [5.74, 6) is -0.754. The fourth-order valence-corrected chi connectivity index (χ4v) is 2.89. The van der Waals surface area contributed by atoms with Gasteiger partial charge >= 0.3 is 5.97 Å². The highest BCUT2D eigenvalue weighted by molar-refractivity contribution is 6.31. The molecule has 2 aromatic carbocycles. The number of hydrogen-bond acceptors (Lipinski definition) is 4. The van der Waals surface area contributed by atoms with Crippen molar-refractivity contribution in [3.8, 4) is 5.75 Å². The van der Waals surface area contributed by atoms with Crippen LogP contribution in [0.3, 0.4) is 0 Å². The van der Waals surface area contributed by atoms with Gasteiger partial charge in [0.2, 0.25) is 0 Å². The van der Waals surface area contributed by atoms with E-state index < -0.39 is 18.0 Å². The van der Waals surface area contributed by atoms with E-state index in [9.17, 15) is 9.59 Å². The Labute approximate surface area is 158 Å². The Balaban J connectivity index is 2.12. The van der Waals surface area contributed by atoms with Gasteiger partial charge in [-0.15, -0.1) is 0 Å². The number of amides is 1. The van der Waals surface area contributed by atoms with Crippen LogP contribution < -0.4 is 10.1 Å². The van der Waals surface area contributed by atoms with Gasteiger partial charge in [-0.2, -0.15) is 0 Å². The van der Waals surface area contributed by atoms with E-state index in [2.05, 4.69) is 5.32 Å². The maximum Gasteiger partial charge on any atom is 0.342 e. The van der Waals surface area contributed by atoms with Crippen LogP contribution in [-0.2, 0) is 9.53 Å². The van der Waals surface area contributed by atoms with Gasteiger partial charge in [-0.3, -0.25) is 4.79 Å². The molecule has 5 nitrogen and oxygen atoms in total. The fourth-order valence-electron chi connectivity index (χ4n) is 2.72. The molecule has 26 heavy (non-hydrogen) atoms. The number of carbonyl (C=O) groups is 2. The Hall–Kier alpha value is -2.53. The van der Waals surface area contributed by atoms with Crippen LogP contribution in [0.1, 0.15) is 34.0 Å². The molecule has 0 aliphatic carbocycles. The third-order valence-electron chi connectivity index (χ3n) is 3.96. The summed E-state index contributed by atoms with van der Waals surface area (Å²) < 4.78 is 10.4. The minimum Gasteiger partial charge on any atom is -0.496 e. The van der Waals surface area contributed by atoms with E-state index in [0.29, 0.717) is 10.8 Å². The molecule has 0 saturated heterocycles. The zero-order valence-electron chi connectivity index (χ0n) is 15.5. The van der Waals surface area contributed by atoms with E-state index in [0.717, 1.165) is 22.4 Å². The molecule has 0 aliphatic rings. The number of rotatable bonds is 5. The third kappa shape index (κ3) is 4.55. The van der Waals surface area contributed by atoms with Gasteiger partial charge in [0.1, 0.15) is 11.3 Å². The van der Waals surface area contributed by atoms with Gasteiger partial charge in [0.05, 0.1) is 7.11 Å². The van der Waals surface area contributed by atoms with Crippen LogP contribution >= 0.6 is 11.6 Å². The van der Waals surface area contributed by atoms with Crippen molar-refractivity contribution in [2.45, 2.75) is 33.8 Å². The summed E-state index contributed by atoms with van der Waals surface area (Å²) in [5.41, 5.74) is 3.91. The lowest BCUT2D eigenvalue weighted by Crippen LogP contribution is -2.30. The van der Waals surface area contributed by atoms with E-state index in [1.807, 2.05) is 32.9 Å². The quantitative estimate of drug-likeness (QED) is 0.784. The maximum atomic E-state index is 12.4. The summed E-state index contributed by atoms with van der Waals surface area (Å²) in [5, 5.41) is 3.20. The van der Waals surface area contributed by atoms with Gasteiger partial charge in [0, 0.05) is 10.7 Å². The molecule has 0 aliphatic heterocycles. The highest BCUT2D eigenvalue weighted by Gasteiger charge is 2.22. The summed E-state index contributed by atoms with van der Waals surface area (Å²) in [7, 11) is 1.44. The van der Waals surface area contributed by atoms with Crippen molar-refractivity contribution >= 4 is 29.2 Å². The SMILES string of the molecule is COc1ccc(Cl)cc1C(=O)O[C@H](C)C(=O)Nc1c(C)cc(C)cc1C. The minimum absolute atomic E-state index is 0.169. The Morgan fingerprint density at radius 1 is 1.08 bits per heavy atom. The Bertz CT molecular complexity index is 825. The van der Waals surface area contributed by atoms with E-state index in [4.69, 9.17) is 21.1 Å². The predicted molar refractivity (Wildman–Crippen MR) is 102 cm³/mol. The van der Waals surface area contributed by atoms with Gasteiger partial charge in [-0.1, -0.05) is 29.3 Å². The number of anilines is 1. The molecule has 6 heteroatoms. The van der Waals surface area contributed by atoms with Gasteiger partial charge in [-0.25, -0.2) is 4.79 Å². The second-order valence-corrected chi connectivity index (χ2v) is 6.59. The monoisotopic (exact) mass is 375 g/mol. The van der Waals surface area contributed by atoms with Crippen LogP contribution in [0, 0.1) is 20.8 Å². The number of halogens is 1. The molecule has 0 saturated carbocycles. The summed E-state index contributed by atoms with van der Waals surface area (Å²) in [4.78, 5) is 24.8. The van der Waals surface area contributed by atoms with Crippen LogP contribution in [0.15, 0.2) is 30.3 Å². The van der Waals surface area contributed by atoms with Crippen molar-refractivity contribution < 1.29 is 19.1 Å². The second-order valence-electron chi connectivity index (χ2n) is 6.16. The average molecular weight is 376 g/mol. The lowest BCUT2D eigenvalue weighted by Gasteiger charge is -2.17. The smallest absolute Gasteiger partial charge is 0.342 e. The number of esters is 1. The molecular weight excluding hydrogens is 354 g/mol. The van der Waals surface area contributed by atoms with Crippen LogP contribution in [0.2, 0.25) is 5.02 Å². The van der Waals surface area contributed by atoms with Crippen molar-refractivity contribution in [2.75, 3.05) is 12.4 Å². The fraction of sp³-hybridized carbons (Fsp3) is 0.300. The molecule has 1 atom stereocenters. The van der Waals surface area contributed by atoms with Crippen molar-refractivity contribution in [1.29, 1.82) is 0 Å². The number of ether oxygens (including phenoxy) is 2. The summed E-state index contributed by atoms with van der Waals surface area (Å²) in [6, 6.07) is 8.59. The highest BCUT2D eigenvalue weighted by Crippen LogP contribution is 2.25. The van der Waals surface area contributed by atoms with Crippen molar-refractivity contribution in [3.63, 3.8) is 0 Å². The average Bonchev–Trinajstić information content (AvgIpc) is 2.57. The van der Waals surface area contributed by atoms with E-state index >= 15 is 0 Å². The predicted octanol–water partition coefficient (Wildman–Crippen LogP) is 4.46. The van der Waals surface area contributed by atoms with Gasteiger partial charge in [-0.05, 0) is 57.0 Å². The van der Waals surface area contributed by atoms with Gasteiger partial charge in [0.25, 0.3) is 5.91 Å². The minimum atomic E-state index is -0.980. The lowest BCUT2D eigenvalue weighted by atomic mass is 10.0. The Morgan fingerprint density at radius 2 is 1.69 bits per heavy atom. The molecule has 0 spiro atoms. The van der Waals surface area contributed by atoms with Crippen LogP contribution in [0.5, 0.6) is 5.75 Å². The standard InChI is InChI=1S/C20H22ClNO4/c1-11-8-12(2)18(13(3)9-11)22-19(23)14(4)26-20(24)16-10-15(21)6-7-17(16)25-5/h6-10,14H,1-5H3,(H,22,23)/t14-/m1/s1. The molecule has 0 unspecified atom stereocenters. The molecule has 0 radical (unpaired) electrons. The molecule has 1 amide bonds. The molecule has 2 aromatic rings. The molecular formula is C20H22ClNO4. The number of benzene rings is 2. The normalized spacial score (nSPS) is 11.6. The second kappa shape index (κ2) is 8.23. The van der Waals surface area contributed by atoms with E-state index in [1.165, 1.54) is 20.1 Å². The Morgan fingerprint density at radius 3 is 2.27 bits per heavy atom. The lowest BCUT2D eigenvalue weighted by molar-refractivity contribution is -0.123. The number of methoxy groups -OCH3 is 1. The molecule has 0 bridgehead atoms. The number of hydrogen-bond donors (Lipinski definition) is 1. The molecule has 1 N–H and O–H groups in total. The van der Waals surface area contributed by atoms with E-state index in [-0.39, 0.29) is 5.56 Å². The van der Waals surface area contributed by atoms with Crippen LogP contribution in [-0.4, -0.2) is 25.1 Å². The van der Waals surface area contributed by atoms with Gasteiger partial charge in [0.15, 0.2) is 6.10 Å². The van der Waals surface area contributed by atoms with Gasteiger partial charge < -0.3 is 14.8 Å². The van der Waals surface area contributed by atoms with E-state index in [1.54, 1.807) is 12.1 Å². The maximum absolute atomic E-state index is 12.4. The van der Waals surface area contributed by atoms with Crippen LogP contribution in [0.4, 0.5) is 5.69 Å². The summed E-state index contributed by atoms with van der Waals surface area (Å²) >= 11 is 5.93. The number of aryl methyl sites for hydroxylation is 3. The molecule has 0 heterocycles. The highest BCUT2D eigenvalue weighted by atomic mass is 35.5. The Kier molecular flexibility index (Phi) is 6.27. The van der Waals surface area contributed by atoms with Crippen LogP contribution in [0.25, 0.3) is 0 Å². The summed E-state index contributed by atoms with van der Waals surface area (Å²) in [6.45, 7) is 7.35. The zero-order valence-corrected chi connectivity index (χ0v) is 16.2. The largest absolute Gasteiger partial charge is 0.496 e. The van der Waals surface area contributed by atoms with Crippen molar-refractivity contribution in [2.24, 2.45) is 0 Å². The topological polar surface area (TPSA) is 64.6 Å². The molecule has 0 fully saturated rings. The number of carbonyl (C=O) groups excluding carboxylic acids is 2. The first-order valence-corrected chi connectivity index (χ1v) is 8.54. The first-order valence-electron chi connectivity index (χ1n) is 8.16. The van der Waals surface area contributed by atoms with Crippen molar-refractivity contribution in [1.82, 2.24) is 0 Å². The molecule has 2 rings (SSSR count). The summed E-state index contributed by atoms with van der Waals surface area (Å²) in [6.07, 6.45) is -0.980. The first-order chi connectivity index (χ1) is 12.2. The molecule has 0 aromatic heterocycles. The first kappa shape index (κ1) is 19.8. The third-order valence-corrected chi connectivity index (χ3v) is 4.19. The zero-order chi connectivity index (χ0) is 19.4.